The minimum atomic E-state index is -0.194. The topological polar surface area (TPSA) is 24.5 Å². The molecule has 2 rings (SSSR count). The second kappa shape index (κ2) is 6.87. The molecule has 3 nitrogen and oxygen atoms in total. The van der Waals surface area contributed by atoms with Crippen LogP contribution in [0.3, 0.4) is 0 Å². The first kappa shape index (κ1) is 14.3. The lowest BCUT2D eigenvalue weighted by atomic mass is 10.2. The predicted octanol–water partition coefficient (Wildman–Crippen LogP) is 2.42. The van der Waals surface area contributed by atoms with Crippen molar-refractivity contribution in [2.75, 3.05) is 31.6 Å². The third kappa shape index (κ3) is 4.18. The third-order valence-corrected chi connectivity index (χ3v) is 3.56. The van der Waals surface area contributed by atoms with Crippen LogP contribution in [0.25, 0.3) is 0 Å². The van der Waals surface area contributed by atoms with Gasteiger partial charge in [0.05, 0.1) is 12.2 Å². The summed E-state index contributed by atoms with van der Waals surface area (Å²) in [4.78, 5) is 2.12. The molecule has 0 amide bonds. The van der Waals surface area contributed by atoms with Gasteiger partial charge in [0.25, 0.3) is 0 Å². The van der Waals surface area contributed by atoms with E-state index >= 15 is 0 Å². The molecule has 0 radical (unpaired) electrons. The Hall–Kier alpha value is -1.13. The molecular formula is C15H23FN2O. The van der Waals surface area contributed by atoms with Crippen molar-refractivity contribution in [2.24, 2.45) is 0 Å². The first-order valence-electron chi connectivity index (χ1n) is 7.02. The normalized spacial score (nSPS) is 22.7. The molecule has 1 fully saturated rings. The number of hydrogen-bond donors (Lipinski definition) is 1. The van der Waals surface area contributed by atoms with Crippen LogP contribution in [0.4, 0.5) is 10.1 Å². The van der Waals surface area contributed by atoms with E-state index in [1.807, 2.05) is 7.05 Å². The van der Waals surface area contributed by atoms with Crippen molar-refractivity contribution < 1.29 is 9.13 Å². The van der Waals surface area contributed by atoms with Crippen molar-refractivity contribution >= 4 is 5.69 Å². The van der Waals surface area contributed by atoms with E-state index in [-0.39, 0.29) is 11.9 Å². The van der Waals surface area contributed by atoms with E-state index in [0.717, 1.165) is 38.2 Å². The number of rotatable bonds is 6. The lowest BCUT2D eigenvalue weighted by Gasteiger charge is -2.23. The van der Waals surface area contributed by atoms with Crippen LogP contribution in [-0.4, -0.2) is 38.9 Å². The van der Waals surface area contributed by atoms with Crippen LogP contribution in [0.15, 0.2) is 24.3 Å². The number of nitrogens with one attached hydrogen (secondary N) is 1. The maximum absolute atomic E-state index is 12.9. The van der Waals surface area contributed by atoms with Crippen molar-refractivity contribution in [3.05, 3.63) is 30.1 Å². The summed E-state index contributed by atoms with van der Waals surface area (Å²) in [7, 11) is 2.02. The molecular weight excluding hydrogens is 243 g/mol. The number of hydrogen-bond acceptors (Lipinski definition) is 3. The first-order valence-corrected chi connectivity index (χ1v) is 7.02. The summed E-state index contributed by atoms with van der Waals surface area (Å²) >= 11 is 0. The third-order valence-electron chi connectivity index (χ3n) is 3.56. The summed E-state index contributed by atoms with van der Waals surface area (Å²) in [6, 6.07) is 6.60. The van der Waals surface area contributed by atoms with Gasteiger partial charge >= 0.3 is 0 Å². The largest absolute Gasteiger partial charge is 0.372 e. The molecule has 1 saturated heterocycles. The zero-order valence-electron chi connectivity index (χ0n) is 11.7. The smallest absolute Gasteiger partial charge is 0.123 e. The average molecular weight is 266 g/mol. The van der Waals surface area contributed by atoms with Crippen molar-refractivity contribution in [2.45, 2.75) is 32.0 Å². The van der Waals surface area contributed by atoms with Gasteiger partial charge < -0.3 is 15.0 Å². The van der Waals surface area contributed by atoms with Crippen LogP contribution in [0.1, 0.15) is 19.8 Å². The SMILES string of the molecule is CCNCC1CCC(CN(C)c2ccc(F)cc2)O1. The van der Waals surface area contributed by atoms with Crippen LogP contribution in [0.5, 0.6) is 0 Å². The van der Waals surface area contributed by atoms with Gasteiger partial charge in [0.15, 0.2) is 0 Å². The van der Waals surface area contributed by atoms with Gasteiger partial charge in [0.2, 0.25) is 0 Å². The van der Waals surface area contributed by atoms with Gasteiger partial charge in [-0.1, -0.05) is 6.92 Å². The Labute approximate surface area is 114 Å². The molecule has 0 aromatic heterocycles. The molecule has 0 bridgehead atoms. The highest BCUT2D eigenvalue weighted by Crippen LogP contribution is 2.22. The molecule has 1 aliphatic heterocycles. The predicted molar refractivity (Wildman–Crippen MR) is 76.1 cm³/mol. The molecule has 0 saturated carbocycles. The monoisotopic (exact) mass is 266 g/mol. The van der Waals surface area contributed by atoms with E-state index in [9.17, 15) is 4.39 Å². The number of likely N-dealkylation sites (N-methyl/N-ethyl adjacent to an activating group) is 2. The number of halogens is 1. The summed E-state index contributed by atoms with van der Waals surface area (Å²) < 4.78 is 18.9. The number of ether oxygens (including phenoxy) is 1. The van der Waals surface area contributed by atoms with Crippen molar-refractivity contribution in [3.8, 4) is 0 Å². The van der Waals surface area contributed by atoms with Crippen molar-refractivity contribution in [3.63, 3.8) is 0 Å². The van der Waals surface area contributed by atoms with Gasteiger partial charge in [0.1, 0.15) is 5.82 Å². The van der Waals surface area contributed by atoms with E-state index in [1.54, 1.807) is 12.1 Å². The molecule has 19 heavy (non-hydrogen) atoms. The highest BCUT2D eigenvalue weighted by Gasteiger charge is 2.25. The molecule has 1 aliphatic rings. The maximum atomic E-state index is 12.9. The van der Waals surface area contributed by atoms with Gasteiger partial charge in [-0.05, 0) is 43.7 Å². The Morgan fingerprint density at radius 1 is 1.26 bits per heavy atom. The average Bonchev–Trinajstić information content (AvgIpc) is 2.84. The van der Waals surface area contributed by atoms with E-state index in [2.05, 4.69) is 17.1 Å². The molecule has 106 valence electrons. The summed E-state index contributed by atoms with van der Waals surface area (Å²) in [6.45, 7) is 4.89. The fourth-order valence-electron chi connectivity index (χ4n) is 2.48. The van der Waals surface area contributed by atoms with E-state index in [4.69, 9.17) is 4.74 Å². The van der Waals surface area contributed by atoms with Crippen LogP contribution in [0.2, 0.25) is 0 Å². The van der Waals surface area contributed by atoms with E-state index < -0.39 is 0 Å². The lowest BCUT2D eigenvalue weighted by molar-refractivity contribution is 0.0503. The van der Waals surface area contributed by atoms with Crippen molar-refractivity contribution in [1.29, 1.82) is 0 Å². The summed E-state index contributed by atoms with van der Waals surface area (Å²) in [6.07, 6.45) is 2.83. The molecule has 4 heteroatoms. The Balaban J connectivity index is 1.80. The Bertz CT molecular complexity index is 382. The Morgan fingerprint density at radius 3 is 2.63 bits per heavy atom. The number of benzene rings is 1. The Morgan fingerprint density at radius 2 is 1.95 bits per heavy atom. The second-order valence-electron chi connectivity index (χ2n) is 5.12. The van der Waals surface area contributed by atoms with E-state index in [0.29, 0.717) is 6.10 Å². The molecule has 0 aliphatic carbocycles. The quantitative estimate of drug-likeness (QED) is 0.856. The molecule has 1 N–H and O–H groups in total. The van der Waals surface area contributed by atoms with Crippen molar-refractivity contribution in [1.82, 2.24) is 5.32 Å². The van der Waals surface area contributed by atoms with Gasteiger partial charge in [-0.2, -0.15) is 0 Å². The highest BCUT2D eigenvalue weighted by molar-refractivity contribution is 5.45. The standard InChI is InChI=1S/C15H23FN2O/c1-3-17-10-14-8-9-15(19-14)11-18(2)13-6-4-12(16)5-7-13/h4-7,14-15,17H,3,8-11H2,1-2H3. The molecule has 2 atom stereocenters. The van der Waals surface area contributed by atoms with Gasteiger partial charge in [-0.15, -0.1) is 0 Å². The second-order valence-corrected chi connectivity index (χ2v) is 5.12. The molecule has 1 heterocycles. The summed E-state index contributed by atoms with van der Waals surface area (Å²) in [5.74, 6) is -0.194. The molecule has 1 aromatic rings. The zero-order chi connectivity index (χ0) is 13.7. The van der Waals surface area contributed by atoms with Gasteiger partial charge in [-0.25, -0.2) is 4.39 Å². The molecule has 2 unspecified atom stereocenters. The number of anilines is 1. The highest BCUT2D eigenvalue weighted by atomic mass is 19.1. The maximum Gasteiger partial charge on any atom is 0.123 e. The summed E-state index contributed by atoms with van der Waals surface area (Å²) in [5.41, 5.74) is 1.03. The molecule has 1 aromatic carbocycles. The number of nitrogens with zero attached hydrogens (tertiary/aromatic N) is 1. The van der Waals surface area contributed by atoms with Crippen LogP contribution >= 0.6 is 0 Å². The zero-order valence-corrected chi connectivity index (χ0v) is 11.7. The fourth-order valence-corrected chi connectivity index (χ4v) is 2.48. The minimum Gasteiger partial charge on any atom is -0.372 e. The first-order chi connectivity index (χ1) is 9.19. The molecule has 0 spiro atoms. The van der Waals surface area contributed by atoms with Gasteiger partial charge in [0, 0.05) is 25.8 Å². The Kier molecular flexibility index (Phi) is 5.16. The van der Waals surface area contributed by atoms with Gasteiger partial charge in [-0.3, -0.25) is 0 Å². The van der Waals surface area contributed by atoms with Crippen LogP contribution < -0.4 is 10.2 Å². The van der Waals surface area contributed by atoms with E-state index in [1.165, 1.54) is 12.1 Å². The lowest BCUT2D eigenvalue weighted by Crippen LogP contribution is -2.31. The van der Waals surface area contributed by atoms with Crippen LogP contribution in [-0.2, 0) is 4.74 Å². The van der Waals surface area contributed by atoms with Crippen LogP contribution in [0, 0.1) is 5.82 Å². The summed E-state index contributed by atoms with van der Waals surface area (Å²) in [5, 5.41) is 3.32. The fraction of sp³-hybridized carbons (Fsp3) is 0.600. The minimum absolute atomic E-state index is 0.194.